The summed E-state index contributed by atoms with van der Waals surface area (Å²) >= 11 is 0. The number of aliphatic imine (C=N–C) groups is 1. The second kappa shape index (κ2) is 11.6. The van der Waals surface area contributed by atoms with E-state index in [1.807, 2.05) is 18.2 Å². The Morgan fingerprint density at radius 2 is 2.04 bits per heavy atom. The van der Waals surface area contributed by atoms with Crippen LogP contribution in [0.1, 0.15) is 31.2 Å². The molecule has 5 nitrogen and oxygen atoms in total. The largest absolute Gasteiger partial charge is 0.492 e. The van der Waals surface area contributed by atoms with E-state index in [4.69, 9.17) is 9.47 Å². The van der Waals surface area contributed by atoms with Crippen LogP contribution in [0.25, 0.3) is 0 Å². The van der Waals surface area contributed by atoms with Crippen molar-refractivity contribution in [3.63, 3.8) is 0 Å². The molecule has 0 aliphatic heterocycles. The van der Waals surface area contributed by atoms with Crippen LogP contribution in [0.3, 0.4) is 0 Å². The SMILES string of the molecule is CN=C(NCCOc1cccc(C)c1)NCC1(CCOC)CCC1.I. The lowest BCUT2D eigenvalue weighted by Crippen LogP contribution is -2.47. The van der Waals surface area contributed by atoms with Gasteiger partial charge in [0.15, 0.2) is 5.96 Å². The Labute approximate surface area is 169 Å². The minimum absolute atomic E-state index is 0. The molecule has 25 heavy (non-hydrogen) atoms. The quantitative estimate of drug-likeness (QED) is 0.256. The first kappa shape index (κ1) is 22.0. The van der Waals surface area contributed by atoms with E-state index in [1.165, 1.54) is 24.8 Å². The lowest BCUT2D eigenvalue weighted by Gasteiger charge is -2.42. The number of benzene rings is 1. The smallest absolute Gasteiger partial charge is 0.191 e. The van der Waals surface area contributed by atoms with E-state index < -0.39 is 0 Å². The number of halogens is 1. The van der Waals surface area contributed by atoms with Gasteiger partial charge in [0.2, 0.25) is 0 Å². The van der Waals surface area contributed by atoms with Crippen LogP contribution in [-0.2, 0) is 4.74 Å². The molecule has 0 spiro atoms. The highest BCUT2D eigenvalue weighted by atomic mass is 127. The van der Waals surface area contributed by atoms with Crippen LogP contribution in [0.2, 0.25) is 0 Å². The monoisotopic (exact) mass is 461 g/mol. The fraction of sp³-hybridized carbons (Fsp3) is 0.632. The van der Waals surface area contributed by atoms with Crippen molar-refractivity contribution < 1.29 is 9.47 Å². The summed E-state index contributed by atoms with van der Waals surface area (Å²) in [7, 11) is 3.58. The molecule has 0 aromatic heterocycles. The Balaban J connectivity index is 0.00000312. The highest BCUT2D eigenvalue weighted by Gasteiger charge is 2.36. The molecule has 1 aromatic rings. The first-order valence-electron chi connectivity index (χ1n) is 8.80. The fourth-order valence-electron chi connectivity index (χ4n) is 3.05. The third kappa shape index (κ3) is 7.40. The van der Waals surface area contributed by atoms with Crippen molar-refractivity contribution in [3.8, 4) is 5.75 Å². The first-order valence-corrected chi connectivity index (χ1v) is 8.80. The number of hydrogen-bond donors (Lipinski definition) is 2. The van der Waals surface area contributed by atoms with E-state index in [2.05, 4.69) is 28.6 Å². The Kier molecular flexibility index (Phi) is 10.2. The predicted molar refractivity (Wildman–Crippen MR) is 114 cm³/mol. The second-order valence-electron chi connectivity index (χ2n) is 6.61. The average molecular weight is 461 g/mol. The third-order valence-electron chi connectivity index (χ3n) is 4.76. The molecule has 0 atom stereocenters. The molecule has 142 valence electrons. The molecule has 0 unspecified atom stereocenters. The van der Waals surface area contributed by atoms with Crippen LogP contribution < -0.4 is 15.4 Å². The summed E-state index contributed by atoms with van der Waals surface area (Å²) in [6.07, 6.45) is 4.99. The number of aryl methyl sites for hydroxylation is 1. The molecule has 0 heterocycles. The molecular formula is C19H32IN3O2. The van der Waals surface area contributed by atoms with E-state index in [1.54, 1.807) is 14.2 Å². The van der Waals surface area contributed by atoms with Crippen LogP contribution in [0.4, 0.5) is 0 Å². The Morgan fingerprint density at radius 3 is 2.64 bits per heavy atom. The zero-order chi connectivity index (χ0) is 17.3. The van der Waals surface area contributed by atoms with Crippen LogP contribution in [0.5, 0.6) is 5.75 Å². The Hall–Kier alpha value is -1.02. The lowest BCUT2D eigenvalue weighted by atomic mass is 9.67. The van der Waals surface area contributed by atoms with Gasteiger partial charge in [0.1, 0.15) is 12.4 Å². The predicted octanol–water partition coefficient (Wildman–Crippen LogP) is 3.36. The molecule has 1 aromatic carbocycles. The van der Waals surface area contributed by atoms with Crippen molar-refractivity contribution in [2.75, 3.05) is 40.5 Å². The van der Waals surface area contributed by atoms with Crippen molar-refractivity contribution in [3.05, 3.63) is 29.8 Å². The Morgan fingerprint density at radius 1 is 1.24 bits per heavy atom. The zero-order valence-corrected chi connectivity index (χ0v) is 18.0. The second-order valence-corrected chi connectivity index (χ2v) is 6.61. The summed E-state index contributed by atoms with van der Waals surface area (Å²) in [6, 6.07) is 8.10. The number of rotatable bonds is 9. The van der Waals surface area contributed by atoms with Gasteiger partial charge in [-0.3, -0.25) is 4.99 Å². The Bertz CT molecular complexity index is 533. The molecule has 0 radical (unpaired) electrons. The van der Waals surface area contributed by atoms with Gasteiger partial charge in [-0.05, 0) is 49.3 Å². The van der Waals surface area contributed by atoms with Gasteiger partial charge in [-0.2, -0.15) is 0 Å². The number of ether oxygens (including phenoxy) is 2. The molecule has 0 bridgehead atoms. The van der Waals surface area contributed by atoms with Crippen LogP contribution in [-0.4, -0.2) is 46.4 Å². The van der Waals surface area contributed by atoms with Crippen molar-refractivity contribution in [1.29, 1.82) is 0 Å². The maximum Gasteiger partial charge on any atom is 0.191 e. The molecule has 1 aliphatic rings. The minimum atomic E-state index is 0. The van der Waals surface area contributed by atoms with Gasteiger partial charge in [0, 0.05) is 27.3 Å². The number of hydrogen-bond acceptors (Lipinski definition) is 3. The summed E-state index contributed by atoms with van der Waals surface area (Å²) < 4.78 is 11.0. The van der Waals surface area contributed by atoms with E-state index in [9.17, 15) is 0 Å². The number of guanidine groups is 1. The molecule has 2 N–H and O–H groups in total. The van der Waals surface area contributed by atoms with Gasteiger partial charge in [0.05, 0.1) is 6.54 Å². The molecule has 6 heteroatoms. The number of nitrogens with one attached hydrogen (secondary N) is 2. The summed E-state index contributed by atoms with van der Waals surface area (Å²) in [5, 5.41) is 6.77. The summed E-state index contributed by atoms with van der Waals surface area (Å²) in [6.45, 7) is 5.18. The number of methoxy groups -OCH3 is 1. The highest BCUT2D eigenvalue weighted by molar-refractivity contribution is 14.0. The zero-order valence-electron chi connectivity index (χ0n) is 15.6. The van der Waals surface area contributed by atoms with E-state index in [-0.39, 0.29) is 24.0 Å². The van der Waals surface area contributed by atoms with Gasteiger partial charge >= 0.3 is 0 Å². The van der Waals surface area contributed by atoms with Crippen LogP contribution in [0, 0.1) is 12.3 Å². The van der Waals surface area contributed by atoms with Crippen molar-refractivity contribution >= 4 is 29.9 Å². The maximum atomic E-state index is 5.75. The van der Waals surface area contributed by atoms with E-state index >= 15 is 0 Å². The molecule has 1 fully saturated rings. The standard InChI is InChI=1S/C19H31N3O2.HI/c1-16-6-4-7-17(14-16)24-13-11-21-18(20-2)22-15-19(8-5-9-19)10-12-23-3;/h4,6-7,14H,5,8-13,15H2,1-3H3,(H2,20,21,22);1H. The van der Waals surface area contributed by atoms with Crippen LogP contribution >= 0.6 is 24.0 Å². The topological polar surface area (TPSA) is 54.9 Å². The first-order chi connectivity index (χ1) is 11.7. The van der Waals surface area contributed by atoms with Gasteiger partial charge in [0.25, 0.3) is 0 Å². The van der Waals surface area contributed by atoms with Gasteiger partial charge in [-0.25, -0.2) is 0 Å². The molecule has 0 amide bonds. The third-order valence-corrected chi connectivity index (χ3v) is 4.76. The van der Waals surface area contributed by atoms with Gasteiger partial charge in [-0.1, -0.05) is 18.6 Å². The number of nitrogens with zero attached hydrogens (tertiary/aromatic N) is 1. The van der Waals surface area contributed by atoms with E-state index in [0.29, 0.717) is 12.0 Å². The van der Waals surface area contributed by atoms with Gasteiger partial charge < -0.3 is 20.1 Å². The maximum absolute atomic E-state index is 5.75. The molecule has 1 saturated carbocycles. The molecule has 1 aliphatic carbocycles. The molecule has 2 rings (SSSR count). The lowest BCUT2D eigenvalue weighted by molar-refractivity contribution is 0.0732. The average Bonchev–Trinajstić information content (AvgIpc) is 2.55. The van der Waals surface area contributed by atoms with Crippen LogP contribution in [0.15, 0.2) is 29.3 Å². The van der Waals surface area contributed by atoms with E-state index in [0.717, 1.165) is 37.8 Å². The molecule has 0 saturated heterocycles. The molecular weight excluding hydrogens is 429 g/mol. The minimum Gasteiger partial charge on any atom is -0.492 e. The van der Waals surface area contributed by atoms with Crippen molar-refractivity contribution in [1.82, 2.24) is 10.6 Å². The highest BCUT2D eigenvalue weighted by Crippen LogP contribution is 2.43. The van der Waals surface area contributed by atoms with Crippen molar-refractivity contribution in [2.24, 2.45) is 10.4 Å². The summed E-state index contributed by atoms with van der Waals surface area (Å²) in [5.74, 6) is 1.75. The van der Waals surface area contributed by atoms with Crippen molar-refractivity contribution in [2.45, 2.75) is 32.6 Å². The fourth-order valence-corrected chi connectivity index (χ4v) is 3.05. The normalized spacial score (nSPS) is 15.7. The summed E-state index contributed by atoms with van der Waals surface area (Å²) in [5.41, 5.74) is 1.59. The van der Waals surface area contributed by atoms with Gasteiger partial charge in [-0.15, -0.1) is 24.0 Å². The summed E-state index contributed by atoms with van der Waals surface area (Å²) in [4.78, 5) is 4.30.